The van der Waals surface area contributed by atoms with Crippen molar-refractivity contribution in [2.45, 2.75) is 19.9 Å². The Balaban J connectivity index is 2.00. The molecule has 0 amide bonds. The molecule has 2 N–H and O–H groups in total. The van der Waals surface area contributed by atoms with E-state index < -0.39 is 0 Å². The molecule has 0 aromatic carbocycles. The highest BCUT2D eigenvalue weighted by Gasteiger charge is 2.15. The van der Waals surface area contributed by atoms with Crippen molar-refractivity contribution in [2.75, 3.05) is 13.1 Å². The Morgan fingerprint density at radius 2 is 2.40 bits per heavy atom. The van der Waals surface area contributed by atoms with Crippen molar-refractivity contribution in [2.24, 2.45) is 10.7 Å². The first-order valence-corrected chi connectivity index (χ1v) is 5.22. The molecule has 1 aromatic rings. The Labute approximate surface area is 89.8 Å². The summed E-state index contributed by atoms with van der Waals surface area (Å²) in [7, 11) is 0. The van der Waals surface area contributed by atoms with Gasteiger partial charge in [-0.05, 0) is 30.5 Å². The minimum atomic E-state index is 0.627. The molecule has 15 heavy (non-hydrogen) atoms. The monoisotopic (exact) mass is 204 g/mol. The van der Waals surface area contributed by atoms with Crippen LogP contribution in [-0.2, 0) is 6.54 Å². The second-order valence-electron chi connectivity index (χ2n) is 3.82. The topological polar surface area (TPSA) is 54.5 Å². The molecule has 80 valence electrons. The smallest absolute Gasteiger partial charge is 0.191 e. The Morgan fingerprint density at radius 1 is 1.60 bits per heavy atom. The highest BCUT2D eigenvalue weighted by atomic mass is 15.3. The number of guanidine groups is 1. The zero-order valence-corrected chi connectivity index (χ0v) is 8.98. The number of aromatic nitrogens is 1. The highest BCUT2D eigenvalue weighted by molar-refractivity contribution is 5.78. The van der Waals surface area contributed by atoms with E-state index in [9.17, 15) is 0 Å². The summed E-state index contributed by atoms with van der Waals surface area (Å²) in [6, 6.07) is 1.99. The Hall–Kier alpha value is -1.58. The summed E-state index contributed by atoms with van der Waals surface area (Å²) in [6.07, 6.45) is 4.87. The SMILES string of the molecule is Cc1ccncc1CN=C(N)N1CCC1. The van der Waals surface area contributed by atoms with Crippen LogP contribution in [0.25, 0.3) is 0 Å². The van der Waals surface area contributed by atoms with Crippen LogP contribution in [0.5, 0.6) is 0 Å². The Bertz CT molecular complexity index is 369. The van der Waals surface area contributed by atoms with Gasteiger partial charge in [-0.15, -0.1) is 0 Å². The van der Waals surface area contributed by atoms with Crippen LogP contribution in [0.3, 0.4) is 0 Å². The average molecular weight is 204 g/mol. The van der Waals surface area contributed by atoms with Crippen LogP contribution in [0.15, 0.2) is 23.5 Å². The van der Waals surface area contributed by atoms with Crippen LogP contribution in [0.2, 0.25) is 0 Å². The highest BCUT2D eigenvalue weighted by Crippen LogP contribution is 2.08. The van der Waals surface area contributed by atoms with Gasteiger partial charge in [0, 0.05) is 25.5 Å². The largest absolute Gasteiger partial charge is 0.370 e. The van der Waals surface area contributed by atoms with E-state index in [2.05, 4.69) is 21.8 Å². The lowest BCUT2D eigenvalue weighted by molar-refractivity contribution is 0.295. The molecule has 1 aliphatic rings. The van der Waals surface area contributed by atoms with Crippen molar-refractivity contribution in [1.29, 1.82) is 0 Å². The molecule has 2 heterocycles. The van der Waals surface area contributed by atoms with Gasteiger partial charge >= 0.3 is 0 Å². The maximum absolute atomic E-state index is 5.83. The molecule has 0 unspecified atom stereocenters. The van der Waals surface area contributed by atoms with Gasteiger partial charge < -0.3 is 10.6 Å². The number of nitrogens with two attached hydrogens (primary N) is 1. The third-order valence-electron chi connectivity index (χ3n) is 2.74. The normalized spacial score (nSPS) is 16.3. The minimum absolute atomic E-state index is 0.627. The van der Waals surface area contributed by atoms with E-state index in [4.69, 9.17) is 5.73 Å². The van der Waals surface area contributed by atoms with E-state index in [1.54, 1.807) is 6.20 Å². The molecule has 0 radical (unpaired) electrons. The van der Waals surface area contributed by atoms with Gasteiger partial charge in [0.2, 0.25) is 0 Å². The number of likely N-dealkylation sites (tertiary alicyclic amines) is 1. The summed E-state index contributed by atoms with van der Waals surface area (Å²) in [6.45, 7) is 4.77. The maximum atomic E-state index is 5.83. The zero-order chi connectivity index (χ0) is 10.7. The fourth-order valence-electron chi connectivity index (χ4n) is 1.47. The van der Waals surface area contributed by atoms with Gasteiger partial charge in [-0.25, -0.2) is 4.99 Å². The van der Waals surface area contributed by atoms with Gasteiger partial charge in [-0.2, -0.15) is 0 Å². The molecule has 0 bridgehead atoms. The zero-order valence-electron chi connectivity index (χ0n) is 8.98. The Kier molecular flexibility index (Phi) is 2.85. The number of nitrogens with zero attached hydrogens (tertiary/aromatic N) is 3. The lowest BCUT2D eigenvalue weighted by Gasteiger charge is -2.31. The molecule has 0 atom stereocenters. The van der Waals surface area contributed by atoms with Crippen molar-refractivity contribution >= 4 is 5.96 Å². The first-order valence-electron chi connectivity index (χ1n) is 5.22. The van der Waals surface area contributed by atoms with Crippen molar-refractivity contribution in [3.8, 4) is 0 Å². The molecule has 0 spiro atoms. The summed E-state index contributed by atoms with van der Waals surface area (Å²) in [5.74, 6) is 0.657. The van der Waals surface area contributed by atoms with Gasteiger partial charge in [-0.3, -0.25) is 4.98 Å². The molecule has 0 saturated carbocycles. The van der Waals surface area contributed by atoms with Crippen molar-refractivity contribution in [1.82, 2.24) is 9.88 Å². The van der Waals surface area contributed by atoms with Crippen LogP contribution < -0.4 is 5.73 Å². The predicted octanol–water partition coefficient (Wildman–Crippen LogP) is 0.910. The number of rotatable bonds is 2. The van der Waals surface area contributed by atoms with E-state index in [-0.39, 0.29) is 0 Å². The quantitative estimate of drug-likeness (QED) is 0.575. The molecule has 1 saturated heterocycles. The van der Waals surface area contributed by atoms with E-state index in [0.717, 1.165) is 18.7 Å². The second kappa shape index (κ2) is 4.29. The summed E-state index contributed by atoms with van der Waals surface area (Å²) < 4.78 is 0. The second-order valence-corrected chi connectivity index (χ2v) is 3.82. The minimum Gasteiger partial charge on any atom is -0.370 e. The average Bonchev–Trinajstić information content (AvgIpc) is 2.14. The van der Waals surface area contributed by atoms with Gasteiger partial charge in [-0.1, -0.05) is 0 Å². The first kappa shape index (κ1) is 9.96. The van der Waals surface area contributed by atoms with Crippen LogP contribution >= 0.6 is 0 Å². The first-order chi connectivity index (χ1) is 7.27. The lowest BCUT2D eigenvalue weighted by Crippen LogP contribution is -2.46. The molecule has 0 aliphatic carbocycles. The fraction of sp³-hybridized carbons (Fsp3) is 0.455. The number of aryl methyl sites for hydroxylation is 1. The number of hydrogen-bond donors (Lipinski definition) is 1. The number of aliphatic imine (C=N–C) groups is 1. The lowest BCUT2D eigenvalue weighted by atomic mass is 10.2. The number of pyridine rings is 1. The van der Waals surface area contributed by atoms with E-state index in [0.29, 0.717) is 12.5 Å². The summed E-state index contributed by atoms with van der Waals surface area (Å²) in [4.78, 5) is 10.5. The van der Waals surface area contributed by atoms with E-state index in [1.807, 2.05) is 12.3 Å². The molecule has 4 nitrogen and oxygen atoms in total. The Morgan fingerprint density at radius 3 is 3.00 bits per heavy atom. The van der Waals surface area contributed by atoms with Crippen LogP contribution in [0.4, 0.5) is 0 Å². The van der Waals surface area contributed by atoms with Gasteiger partial charge in [0.05, 0.1) is 6.54 Å². The van der Waals surface area contributed by atoms with Gasteiger partial charge in [0.25, 0.3) is 0 Å². The summed E-state index contributed by atoms with van der Waals surface area (Å²) in [5, 5.41) is 0. The van der Waals surface area contributed by atoms with Crippen molar-refractivity contribution in [3.63, 3.8) is 0 Å². The van der Waals surface area contributed by atoms with Crippen LogP contribution in [-0.4, -0.2) is 28.9 Å². The molecule has 1 aliphatic heterocycles. The van der Waals surface area contributed by atoms with Crippen molar-refractivity contribution < 1.29 is 0 Å². The molecule has 1 aromatic heterocycles. The third kappa shape index (κ3) is 2.26. The summed E-state index contributed by atoms with van der Waals surface area (Å²) in [5.41, 5.74) is 8.19. The fourth-order valence-corrected chi connectivity index (χ4v) is 1.47. The van der Waals surface area contributed by atoms with Crippen LogP contribution in [0.1, 0.15) is 17.5 Å². The van der Waals surface area contributed by atoms with E-state index in [1.165, 1.54) is 12.0 Å². The summed E-state index contributed by atoms with van der Waals surface area (Å²) >= 11 is 0. The van der Waals surface area contributed by atoms with Gasteiger partial charge in [0.15, 0.2) is 5.96 Å². The molecule has 1 fully saturated rings. The van der Waals surface area contributed by atoms with Crippen LogP contribution in [0, 0.1) is 6.92 Å². The number of hydrogen-bond acceptors (Lipinski definition) is 2. The standard InChI is InChI=1S/C11H16N4/c1-9-3-4-13-7-10(9)8-14-11(12)15-5-2-6-15/h3-4,7H,2,5-6,8H2,1H3,(H2,12,14). The predicted molar refractivity (Wildman–Crippen MR) is 60.5 cm³/mol. The molecule has 2 rings (SSSR count). The van der Waals surface area contributed by atoms with Crippen molar-refractivity contribution in [3.05, 3.63) is 29.6 Å². The molecular weight excluding hydrogens is 188 g/mol. The molecular formula is C11H16N4. The third-order valence-corrected chi connectivity index (χ3v) is 2.74. The van der Waals surface area contributed by atoms with Gasteiger partial charge in [0.1, 0.15) is 0 Å². The van der Waals surface area contributed by atoms with E-state index >= 15 is 0 Å². The maximum Gasteiger partial charge on any atom is 0.191 e. The molecule has 4 heteroatoms.